The number of rotatable bonds is 5. The number of carboxylic acids is 1. The van der Waals surface area contributed by atoms with Crippen molar-refractivity contribution in [1.82, 2.24) is 5.32 Å². The Bertz CT molecular complexity index is 461. The summed E-state index contributed by atoms with van der Waals surface area (Å²) >= 11 is 5.87. The van der Waals surface area contributed by atoms with Gasteiger partial charge in [-0.25, -0.2) is 4.79 Å². The Morgan fingerprint density at radius 2 is 2.17 bits per heavy atom. The van der Waals surface area contributed by atoms with Gasteiger partial charge in [-0.2, -0.15) is 0 Å². The normalized spacial score (nSPS) is 11.7. The molecule has 6 heteroatoms. The number of hydrogen-bond acceptors (Lipinski definition) is 3. The Labute approximate surface area is 110 Å². The number of nitrogens with one attached hydrogen (secondary N) is 1. The van der Waals surface area contributed by atoms with E-state index < -0.39 is 12.0 Å². The van der Waals surface area contributed by atoms with Crippen molar-refractivity contribution in [3.63, 3.8) is 0 Å². The van der Waals surface area contributed by atoms with Gasteiger partial charge in [-0.15, -0.1) is 0 Å². The van der Waals surface area contributed by atoms with Gasteiger partial charge in [0.05, 0.1) is 12.1 Å². The SMILES string of the molecule is COc1cc(CC(NC(C)=O)C(=O)O)ccc1Cl. The third-order valence-electron chi connectivity index (χ3n) is 2.33. The van der Waals surface area contributed by atoms with Gasteiger partial charge in [-0.05, 0) is 17.7 Å². The minimum atomic E-state index is -1.08. The molecule has 1 amide bonds. The first-order valence-corrected chi connectivity index (χ1v) is 5.64. The molecule has 18 heavy (non-hydrogen) atoms. The molecule has 1 atom stereocenters. The van der Waals surface area contributed by atoms with Crippen LogP contribution in [0.3, 0.4) is 0 Å². The fourth-order valence-electron chi connectivity index (χ4n) is 1.51. The summed E-state index contributed by atoms with van der Waals surface area (Å²) < 4.78 is 5.04. The quantitative estimate of drug-likeness (QED) is 0.851. The summed E-state index contributed by atoms with van der Waals surface area (Å²) in [4.78, 5) is 21.9. The van der Waals surface area contributed by atoms with Crippen LogP contribution in [0.15, 0.2) is 18.2 Å². The number of methoxy groups -OCH3 is 1. The van der Waals surface area contributed by atoms with Crippen molar-refractivity contribution in [2.45, 2.75) is 19.4 Å². The highest BCUT2D eigenvalue weighted by Crippen LogP contribution is 2.25. The van der Waals surface area contributed by atoms with Gasteiger partial charge >= 0.3 is 5.97 Å². The maximum atomic E-state index is 11.0. The van der Waals surface area contributed by atoms with Crippen molar-refractivity contribution in [2.75, 3.05) is 7.11 Å². The molecule has 0 aromatic heterocycles. The molecule has 0 bridgehead atoms. The first-order chi connectivity index (χ1) is 8.43. The fraction of sp³-hybridized carbons (Fsp3) is 0.333. The van der Waals surface area contributed by atoms with Crippen molar-refractivity contribution < 1.29 is 19.4 Å². The number of benzene rings is 1. The van der Waals surface area contributed by atoms with E-state index in [2.05, 4.69) is 5.32 Å². The van der Waals surface area contributed by atoms with Crippen molar-refractivity contribution in [3.8, 4) is 5.75 Å². The molecule has 0 heterocycles. The standard InChI is InChI=1S/C12H14ClNO4/c1-7(15)14-10(12(16)17)5-8-3-4-9(13)11(6-8)18-2/h3-4,6,10H,5H2,1-2H3,(H,14,15)(H,16,17). The van der Waals surface area contributed by atoms with Crippen LogP contribution in [0.4, 0.5) is 0 Å². The molecule has 0 fully saturated rings. The molecule has 0 aliphatic carbocycles. The van der Waals surface area contributed by atoms with Crippen LogP contribution in [0.25, 0.3) is 0 Å². The molecular formula is C12H14ClNO4. The zero-order valence-electron chi connectivity index (χ0n) is 10.1. The molecule has 0 aliphatic heterocycles. The third-order valence-corrected chi connectivity index (χ3v) is 2.64. The molecular weight excluding hydrogens is 258 g/mol. The lowest BCUT2D eigenvalue weighted by molar-refractivity contribution is -0.141. The maximum Gasteiger partial charge on any atom is 0.326 e. The lowest BCUT2D eigenvalue weighted by atomic mass is 10.1. The Morgan fingerprint density at radius 1 is 1.50 bits per heavy atom. The first-order valence-electron chi connectivity index (χ1n) is 5.26. The van der Waals surface area contributed by atoms with Gasteiger partial charge < -0.3 is 15.2 Å². The summed E-state index contributed by atoms with van der Waals surface area (Å²) in [6.45, 7) is 1.28. The van der Waals surface area contributed by atoms with E-state index in [1.54, 1.807) is 18.2 Å². The summed E-state index contributed by atoms with van der Waals surface area (Å²) in [7, 11) is 1.48. The summed E-state index contributed by atoms with van der Waals surface area (Å²) in [5.74, 6) is -0.997. The molecule has 0 aliphatic rings. The van der Waals surface area contributed by atoms with Crippen molar-refractivity contribution in [2.24, 2.45) is 0 Å². The zero-order valence-corrected chi connectivity index (χ0v) is 10.8. The molecule has 5 nitrogen and oxygen atoms in total. The molecule has 1 aromatic rings. The maximum absolute atomic E-state index is 11.0. The van der Waals surface area contributed by atoms with Crippen LogP contribution in [0.1, 0.15) is 12.5 Å². The van der Waals surface area contributed by atoms with Crippen LogP contribution in [-0.4, -0.2) is 30.1 Å². The van der Waals surface area contributed by atoms with E-state index in [9.17, 15) is 9.59 Å². The molecule has 0 saturated carbocycles. The minimum absolute atomic E-state index is 0.169. The van der Waals surface area contributed by atoms with Crippen LogP contribution < -0.4 is 10.1 Å². The number of carboxylic acid groups (broad SMARTS) is 1. The second-order valence-corrected chi connectivity index (χ2v) is 4.17. The summed E-state index contributed by atoms with van der Waals surface area (Å²) in [6, 6.07) is 4.01. The highest BCUT2D eigenvalue weighted by molar-refractivity contribution is 6.32. The molecule has 0 radical (unpaired) electrons. The van der Waals surface area contributed by atoms with Crippen LogP contribution in [0.5, 0.6) is 5.75 Å². The minimum Gasteiger partial charge on any atom is -0.495 e. The predicted molar refractivity (Wildman–Crippen MR) is 66.9 cm³/mol. The molecule has 1 aromatic carbocycles. The lowest BCUT2D eigenvalue weighted by Gasteiger charge is -2.14. The first kappa shape index (κ1) is 14.3. The predicted octanol–water partition coefficient (Wildman–Crippen LogP) is 1.48. The topological polar surface area (TPSA) is 75.6 Å². The lowest BCUT2D eigenvalue weighted by Crippen LogP contribution is -2.41. The highest BCUT2D eigenvalue weighted by atomic mass is 35.5. The number of carbonyl (C=O) groups is 2. The smallest absolute Gasteiger partial charge is 0.326 e. The Morgan fingerprint density at radius 3 is 2.67 bits per heavy atom. The Hall–Kier alpha value is -1.75. The van der Waals surface area contributed by atoms with Crippen molar-refractivity contribution in [3.05, 3.63) is 28.8 Å². The van der Waals surface area contributed by atoms with E-state index >= 15 is 0 Å². The van der Waals surface area contributed by atoms with Gasteiger partial charge in [0.15, 0.2) is 0 Å². The number of halogens is 1. The van der Waals surface area contributed by atoms with Gasteiger partial charge in [0.25, 0.3) is 0 Å². The molecule has 0 spiro atoms. The molecule has 98 valence electrons. The van der Waals surface area contributed by atoms with E-state index in [0.717, 1.165) is 5.56 Å². The molecule has 2 N–H and O–H groups in total. The second-order valence-electron chi connectivity index (χ2n) is 3.76. The average molecular weight is 272 g/mol. The summed E-state index contributed by atoms with van der Waals surface area (Å²) in [6.07, 6.45) is 0.169. The van der Waals surface area contributed by atoms with Crippen LogP contribution in [0.2, 0.25) is 5.02 Å². The number of amides is 1. The zero-order chi connectivity index (χ0) is 13.7. The summed E-state index contributed by atoms with van der Waals surface area (Å²) in [5, 5.41) is 11.8. The second kappa shape index (κ2) is 6.26. The Kier molecular flexibility index (Phi) is 4.97. The monoisotopic (exact) mass is 271 g/mol. The molecule has 1 rings (SSSR count). The number of hydrogen-bond donors (Lipinski definition) is 2. The van der Waals surface area contributed by atoms with E-state index in [0.29, 0.717) is 10.8 Å². The number of aliphatic carboxylic acids is 1. The largest absolute Gasteiger partial charge is 0.495 e. The van der Waals surface area contributed by atoms with E-state index in [1.165, 1.54) is 14.0 Å². The van der Waals surface area contributed by atoms with E-state index in [-0.39, 0.29) is 12.3 Å². The van der Waals surface area contributed by atoms with E-state index in [4.69, 9.17) is 21.4 Å². The van der Waals surface area contributed by atoms with E-state index in [1.807, 2.05) is 0 Å². The van der Waals surface area contributed by atoms with Crippen LogP contribution in [-0.2, 0) is 16.0 Å². The van der Waals surface area contributed by atoms with Gasteiger partial charge in [-0.1, -0.05) is 17.7 Å². The molecule has 1 unspecified atom stereocenters. The van der Waals surface area contributed by atoms with Gasteiger partial charge in [-0.3, -0.25) is 4.79 Å². The number of ether oxygens (including phenoxy) is 1. The van der Waals surface area contributed by atoms with Gasteiger partial charge in [0.2, 0.25) is 5.91 Å². The van der Waals surface area contributed by atoms with Crippen LogP contribution in [0, 0.1) is 0 Å². The van der Waals surface area contributed by atoms with Crippen molar-refractivity contribution >= 4 is 23.5 Å². The third kappa shape index (κ3) is 3.92. The number of carbonyl (C=O) groups excluding carboxylic acids is 1. The average Bonchev–Trinajstić information content (AvgIpc) is 2.29. The Balaban J connectivity index is 2.87. The van der Waals surface area contributed by atoms with Gasteiger partial charge in [0.1, 0.15) is 11.8 Å². The van der Waals surface area contributed by atoms with Crippen LogP contribution >= 0.6 is 11.6 Å². The van der Waals surface area contributed by atoms with Crippen molar-refractivity contribution in [1.29, 1.82) is 0 Å². The van der Waals surface area contributed by atoms with Gasteiger partial charge in [0, 0.05) is 13.3 Å². The molecule has 0 saturated heterocycles. The summed E-state index contributed by atoms with van der Waals surface area (Å²) in [5.41, 5.74) is 0.720. The fourth-order valence-corrected chi connectivity index (χ4v) is 1.71. The highest BCUT2D eigenvalue weighted by Gasteiger charge is 2.19.